The molecule has 0 bridgehead atoms. The number of amides is 1. The first-order chi connectivity index (χ1) is 11.0. The van der Waals surface area contributed by atoms with Crippen molar-refractivity contribution in [3.8, 4) is 0 Å². The lowest BCUT2D eigenvalue weighted by Gasteiger charge is -2.27. The third kappa shape index (κ3) is 4.31. The van der Waals surface area contributed by atoms with E-state index in [1.807, 2.05) is 12.1 Å². The van der Waals surface area contributed by atoms with Gasteiger partial charge < -0.3 is 14.8 Å². The molecule has 1 aromatic rings. The number of hydrogen-bond acceptors (Lipinski definition) is 5. The molecule has 1 amide bonds. The average molecular weight is 319 g/mol. The van der Waals surface area contributed by atoms with Crippen LogP contribution in [0.5, 0.6) is 0 Å². The zero-order chi connectivity index (χ0) is 16.8. The Labute approximate surface area is 135 Å². The monoisotopic (exact) mass is 319 g/mol. The molecular formula is C17H21NO5. The summed E-state index contributed by atoms with van der Waals surface area (Å²) < 4.78 is 9.15. The van der Waals surface area contributed by atoms with Gasteiger partial charge in [0, 0.05) is 5.69 Å². The number of rotatable bonds is 3. The first-order valence-corrected chi connectivity index (χ1v) is 7.62. The van der Waals surface area contributed by atoms with Crippen LogP contribution in [0.4, 0.5) is 5.69 Å². The number of methoxy groups -OCH3 is 2. The Morgan fingerprint density at radius 3 is 2.09 bits per heavy atom. The molecule has 0 heterocycles. The van der Waals surface area contributed by atoms with E-state index < -0.39 is 11.9 Å². The minimum Gasteiger partial charge on any atom is -0.469 e. The van der Waals surface area contributed by atoms with Gasteiger partial charge >= 0.3 is 17.8 Å². The first-order valence-electron chi connectivity index (χ1n) is 7.62. The molecule has 124 valence electrons. The Bertz CT molecular complexity index is 573. The van der Waals surface area contributed by atoms with Gasteiger partial charge in [-0.1, -0.05) is 12.1 Å². The summed E-state index contributed by atoms with van der Waals surface area (Å²) in [4.78, 5) is 34.0. The van der Waals surface area contributed by atoms with Crippen LogP contribution in [0.25, 0.3) is 0 Å². The van der Waals surface area contributed by atoms with Crippen molar-refractivity contribution in [1.82, 2.24) is 0 Å². The number of nitrogens with one attached hydrogen (secondary N) is 1. The third-order valence-corrected chi connectivity index (χ3v) is 4.27. The highest BCUT2D eigenvalue weighted by molar-refractivity contribution is 6.37. The van der Waals surface area contributed by atoms with E-state index in [0.29, 0.717) is 11.6 Å². The van der Waals surface area contributed by atoms with Gasteiger partial charge in [0.05, 0.1) is 20.1 Å². The van der Waals surface area contributed by atoms with E-state index in [1.54, 1.807) is 12.1 Å². The maximum Gasteiger partial charge on any atom is 0.396 e. The van der Waals surface area contributed by atoms with Crippen molar-refractivity contribution < 1.29 is 23.9 Å². The number of ether oxygens (including phenoxy) is 2. The molecule has 6 nitrogen and oxygen atoms in total. The van der Waals surface area contributed by atoms with Crippen molar-refractivity contribution in [2.75, 3.05) is 19.5 Å². The van der Waals surface area contributed by atoms with Crippen LogP contribution in [0.2, 0.25) is 0 Å². The van der Waals surface area contributed by atoms with Gasteiger partial charge in [-0.2, -0.15) is 0 Å². The predicted octanol–water partition coefficient (Wildman–Crippen LogP) is 2.24. The lowest BCUT2D eigenvalue weighted by molar-refractivity contribution is -0.150. The average Bonchev–Trinajstić information content (AvgIpc) is 2.61. The smallest absolute Gasteiger partial charge is 0.396 e. The second kappa shape index (κ2) is 7.76. The third-order valence-electron chi connectivity index (χ3n) is 4.27. The van der Waals surface area contributed by atoms with E-state index in [-0.39, 0.29) is 11.9 Å². The minimum atomic E-state index is -0.921. The molecule has 0 radical (unpaired) electrons. The van der Waals surface area contributed by atoms with E-state index in [0.717, 1.165) is 32.8 Å². The molecule has 1 N–H and O–H groups in total. The highest BCUT2D eigenvalue weighted by Crippen LogP contribution is 2.36. The molecule has 0 unspecified atom stereocenters. The molecule has 2 rings (SSSR count). The summed E-state index contributed by atoms with van der Waals surface area (Å²) >= 11 is 0. The Hall–Kier alpha value is -2.37. The highest BCUT2D eigenvalue weighted by atomic mass is 16.5. The van der Waals surface area contributed by atoms with Gasteiger partial charge in [0.25, 0.3) is 0 Å². The maximum absolute atomic E-state index is 11.5. The lowest BCUT2D eigenvalue weighted by atomic mass is 9.79. The van der Waals surface area contributed by atoms with Crippen LogP contribution in [0.15, 0.2) is 24.3 Å². The van der Waals surface area contributed by atoms with E-state index in [9.17, 15) is 14.4 Å². The van der Waals surface area contributed by atoms with Gasteiger partial charge in [-0.15, -0.1) is 0 Å². The Morgan fingerprint density at radius 2 is 1.57 bits per heavy atom. The van der Waals surface area contributed by atoms with Crippen molar-refractivity contribution in [3.05, 3.63) is 29.8 Å². The Morgan fingerprint density at radius 1 is 0.957 bits per heavy atom. The van der Waals surface area contributed by atoms with Crippen LogP contribution in [0.3, 0.4) is 0 Å². The van der Waals surface area contributed by atoms with Crippen LogP contribution < -0.4 is 5.32 Å². The Balaban J connectivity index is 1.92. The fraction of sp³-hybridized carbons (Fsp3) is 0.471. The van der Waals surface area contributed by atoms with E-state index in [4.69, 9.17) is 4.74 Å². The minimum absolute atomic E-state index is 0.00914. The zero-order valence-corrected chi connectivity index (χ0v) is 13.3. The molecule has 0 aromatic heterocycles. The van der Waals surface area contributed by atoms with Gasteiger partial charge in [-0.25, -0.2) is 4.79 Å². The standard InChI is InChI=1S/C17H21NO5/c1-22-16(20)13-5-3-11(4-6-13)12-7-9-14(10-8-12)18-15(19)17(21)23-2/h7-11,13H,3-6H2,1-2H3,(H,18,19). The molecule has 0 spiro atoms. The van der Waals surface area contributed by atoms with Crippen molar-refractivity contribution >= 4 is 23.5 Å². The van der Waals surface area contributed by atoms with Crippen LogP contribution in [0.1, 0.15) is 37.2 Å². The van der Waals surface area contributed by atoms with Gasteiger partial charge in [-0.05, 0) is 49.3 Å². The second-order valence-electron chi connectivity index (χ2n) is 5.64. The summed E-state index contributed by atoms with van der Waals surface area (Å²) in [5.74, 6) is -1.42. The van der Waals surface area contributed by atoms with E-state index >= 15 is 0 Å². The quantitative estimate of drug-likeness (QED) is 0.682. The number of carbonyl (C=O) groups is 3. The summed E-state index contributed by atoms with van der Waals surface area (Å²) in [7, 11) is 2.59. The number of esters is 2. The summed E-state index contributed by atoms with van der Waals surface area (Å²) in [5.41, 5.74) is 1.72. The van der Waals surface area contributed by atoms with Crippen molar-refractivity contribution in [3.63, 3.8) is 0 Å². The number of hydrogen-bond donors (Lipinski definition) is 1. The topological polar surface area (TPSA) is 81.7 Å². The molecule has 23 heavy (non-hydrogen) atoms. The number of anilines is 1. The molecule has 0 saturated heterocycles. The van der Waals surface area contributed by atoms with Crippen LogP contribution in [0, 0.1) is 5.92 Å². The van der Waals surface area contributed by atoms with E-state index in [1.165, 1.54) is 12.7 Å². The molecule has 0 aliphatic heterocycles. The first kappa shape index (κ1) is 17.0. The molecule has 1 aliphatic carbocycles. The molecule has 1 fully saturated rings. The van der Waals surface area contributed by atoms with Crippen molar-refractivity contribution in [1.29, 1.82) is 0 Å². The number of benzene rings is 1. The summed E-state index contributed by atoms with van der Waals surface area (Å²) in [5, 5.41) is 2.48. The molecule has 1 aromatic carbocycles. The van der Waals surface area contributed by atoms with Gasteiger partial charge in [-0.3, -0.25) is 9.59 Å². The SMILES string of the molecule is COC(=O)C(=O)Nc1ccc(C2CCC(C(=O)OC)CC2)cc1. The predicted molar refractivity (Wildman–Crippen MR) is 83.8 cm³/mol. The van der Waals surface area contributed by atoms with Crippen LogP contribution >= 0.6 is 0 Å². The normalized spacial score (nSPS) is 20.4. The van der Waals surface area contributed by atoms with Gasteiger partial charge in [0.1, 0.15) is 0 Å². The summed E-state index contributed by atoms with van der Waals surface area (Å²) in [6.07, 6.45) is 3.54. The Kier molecular flexibility index (Phi) is 5.73. The molecule has 1 aliphatic rings. The largest absolute Gasteiger partial charge is 0.469 e. The van der Waals surface area contributed by atoms with E-state index in [2.05, 4.69) is 10.1 Å². The van der Waals surface area contributed by atoms with Crippen molar-refractivity contribution in [2.24, 2.45) is 5.92 Å². The van der Waals surface area contributed by atoms with Gasteiger partial charge in [0.15, 0.2) is 0 Å². The van der Waals surface area contributed by atoms with Crippen LogP contribution in [-0.4, -0.2) is 32.1 Å². The zero-order valence-electron chi connectivity index (χ0n) is 13.3. The fourth-order valence-electron chi connectivity index (χ4n) is 2.94. The highest BCUT2D eigenvalue weighted by Gasteiger charge is 2.27. The number of carbonyl (C=O) groups excluding carboxylic acids is 3. The molecule has 6 heteroatoms. The lowest BCUT2D eigenvalue weighted by Crippen LogP contribution is -2.24. The molecule has 1 saturated carbocycles. The summed E-state index contributed by atoms with van der Waals surface area (Å²) in [6.45, 7) is 0. The molecule has 0 atom stereocenters. The van der Waals surface area contributed by atoms with Gasteiger partial charge in [0.2, 0.25) is 0 Å². The molecular weight excluding hydrogens is 298 g/mol. The summed E-state index contributed by atoms with van der Waals surface area (Å²) in [6, 6.07) is 7.41. The van der Waals surface area contributed by atoms with Crippen molar-refractivity contribution in [2.45, 2.75) is 31.6 Å². The maximum atomic E-state index is 11.5. The second-order valence-corrected chi connectivity index (χ2v) is 5.64. The fourth-order valence-corrected chi connectivity index (χ4v) is 2.94. The van der Waals surface area contributed by atoms with Crippen LogP contribution in [-0.2, 0) is 23.9 Å².